The number of hydrogen-bond acceptors (Lipinski definition) is 8. The van der Waals surface area contributed by atoms with Crippen LogP contribution in [0.15, 0.2) is 53.7 Å². The lowest BCUT2D eigenvalue weighted by Crippen LogP contribution is -2.48. The van der Waals surface area contributed by atoms with E-state index >= 15 is 0 Å². The van der Waals surface area contributed by atoms with Crippen molar-refractivity contribution in [3.63, 3.8) is 0 Å². The van der Waals surface area contributed by atoms with Crippen LogP contribution >= 0.6 is 0 Å². The third-order valence-electron chi connectivity index (χ3n) is 6.69. The van der Waals surface area contributed by atoms with Crippen LogP contribution in [-0.2, 0) is 25.9 Å². The Kier molecular flexibility index (Phi) is 8.37. The fourth-order valence-electron chi connectivity index (χ4n) is 4.87. The van der Waals surface area contributed by atoms with Gasteiger partial charge in [-0.25, -0.2) is 18.2 Å². The van der Waals surface area contributed by atoms with Crippen molar-refractivity contribution in [1.29, 1.82) is 0 Å². The minimum Gasteiger partial charge on any atom is -0.496 e. The molecule has 0 saturated carbocycles. The fraction of sp³-hybridized carbons (Fsp3) is 0.448. The molecule has 0 N–H and O–H groups in total. The van der Waals surface area contributed by atoms with Crippen molar-refractivity contribution in [2.24, 2.45) is 0 Å². The Hall–Kier alpha value is -3.37. The maximum absolute atomic E-state index is 12.9. The molecule has 9 nitrogen and oxygen atoms in total. The van der Waals surface area contributed by atoms with Crippen LogP contribution < -0.4 is 9.47 Å². The Bertz CT molecular complexity index is 1430. The molecule has 2 atom stereocenters. The summed E-state index contributed by atoms with van der Waals surface area (Å²) in [5.74, 6) is 1.29. The average Bonchev–Trinajstić information content (AvgIpc) is 2.89. The second-order valence-corrected chi connectivity index (χ2v) is 12.7. The zero-order chi connectivity index (χ0) is 28.4. The van der Waals surface area contributed by atoms with Crippen LogP contribution in [0.4, 0.5) is 4.79 Å². The summed E-state index contributed by atoms with van der Waals surface area (Å²) in [6.07, 6.45) is 2.51. The van der Waals surface area contributed by atoms with Gasteiger partial charge in [-0.1, -0.05) is 30.3 Å². The number of piperidine rings is 1. The van der Waals surface area contributed by atoms with Gasteiger partial charge in [-0.2, -0.15) is 0 Å². The van der Waals surface area contributed by atoms with Crippen LogP contribution in [0.2, 0.25) is 0 Å². The van der Waals surface area contributed by atoms with Crippen molar-refractivity contribution in [2.45, 2.75) is 56.4 Å². The number of nitrogens with zero attached hydrogens (tertiary/aromatic N) is 2. The van der Waals surface area contributed by atoms with E-state index in [2.05, 4.69) is 4.98 Å². The number of ether oxygens (including phenoxy) is 4. The summed E-state index contributed by atoms with van der Waals surface area (Å²) in [6, 6.07) is 13.0. The van der Waals surface area contributed by atoms with Crippen LogP contribution in [0, 0.1) is 0 Å². The molecule has 1 aromatic heterocycles. The molecule has 0 bridgehead atoms. The summed E-state index contributed by atoms with van der Waals surface area (Å²) in [5, 5.41) is 1.86. The molecule has 1 saturated heterocycles. The lowest BCUT2D eigenvalue weighted by molar-refractivity contribution is -0.0363. The minimum absolute atomic E-state index is 0.0166. The van der Waals surface area contributed by atoms with E-state index in [0.29, 0.717) is 31.0 Å². The van der Waals surface area contributed by atoms with Gasteiger partial charge in [0.25, 0.3) is 0 Å². The van der Waals surface area contributed by atoms with Gasteiger partial charge in [-0.3, -0.25) is 0 Å². The average molecular weight is 557 g/mol. The molecular formula is C29H36N2O7S. The van der Waals surface area contributed by atoms with Crippen LogP contribution in [0.3, 0.4) is 0 Å². The number of sulfone groups is 1. The number of methoxy groups -OCH3 is 2. The molecule has 210 valence electrons. The highest BCUT2D eigenvalue weighted by atomic mass is 32.2. The first kappa shape index (κ1) is 28.6. The first-order valence-corrected chi connectivity index (χ1v) is 14.7. The first-order chi connectivity index (χ1) is 18.4. The molecule has 2 aromatic carbocycles. The SMILES string of the molecule is COc1cc(COC2CN(C(=O)OC(C)(C)C)CCC2c2ccc(S(C)(=O)=O)nc2)c(OC)c2ccccc12. The number of rotatable bonds is 7. The topological polar surface area (TPSA) is 104 Å². The standard InChI is InChI=1S/C29H36N2O7S/c1-29(2,3)38-28(32)31-14-13-21(19-11-12-26(30-16-19)39(6,33)34)25(17-31)37-18-20-15-24(35-4)22-9-7-8-10-23(22)27(20)36-5/h7-12,15-16,21,25H,13-14,17-18H2,1-6H3. The van der Waals surface area contributed by atoms with E-state index in [4.69, 9.17) is 18.9 Å². The Balaban J connectivity index is 1.64. The summed E-state index contributed by atoms with van der Waals surface area (Å²) in [4.78, 5) is 18.7. The number of carbonyl (C=O) groups excluding carboxylic acids is 1. The minimum atomic E-state index is -3.42. The lowest BCUT2D eigenvalue weighted by Gasteiger charge is -2.39. The summed E-state index contributed by atoms with van der Waals surface area (Å²) in [6.45, 7) is 6.49. The highest BCUT2D eigenvalue weighted by Crippen LogP contribution is 2.38. The van der Waals surface area contributed by atoms with Gasteiger partial charge in [0.2, 0.25) is 0 Å². The normalized spacial score (nSPS) is 18.2. The van der Waals surface area contributed by atoms with Gasteiger partial charge in [0.05, 0.1) is 33.5 Å². The number of pyridine rings is 1. The molecule has 1 aliphatic heterocycles. The van der Waals surface area contributed by atoms with E-state index in [1.54, 1.807) is 31.4 Å². The smallest absolute Gasteiger partial charge is 0.410 e. The van der Waals surface area contributed by atoms with Gasteiger partial charge < -0.3 is 23.8 Å². The van der Waals surface area contributed by atoms with E-state index < -0.39 is 27.6 Å². The predicted octanol–water partition coefficient (Wildman–Crippen LogP) is 4.97. The zero-order valence-corrected chi connectivity index (χ0v) is 24.1. The number of likely N-dealkylation sites (tertiary alicyclic amines) is 1. The third-order valence-corrected chi connectivity index (χ3v) is 7.69. The molecule has 4 rings (SSSR count). The number of amides is 1. The quantitative estimate of drug-likeness (QED) is 0.402. The number of benzene rings is 2. The monoisotopic (exact) mass is 556 g/mol. The second kappa shape index (κ2) is 11.4. The Morgan fingerprint density at radius 1 is 1.08 bits per heavy atom. The first-order valence-electron chi connectivity index (χ1n) is 12.8. The molecule has 2 heterocycles. The van der Waals surface area contributed by atoms with Crippen molar-refractivity contribution >= 4 is 26.7 Å². The van der Waals surface area contributed by atoms with E-state index in [1.807, 2.05) is 51.1 Å². The Morgan fingerprint density at radius 2 is 1.79 bits per heavy atom. The van der Waals surface area contributed by atoms with Crippen LogP contribution in [0.25, 0.3) is 10.8 Å². The number of fused-ring (bicyclic) bond motifs is 1. The van der Waals surface area contributed by atoms with Gasteiger partial charge in [0, 0.05) is 41.3 Å². The molecule has 0 radical (unpaired) electrons. The van der Waals surface area contributed by atoms with Gasteiger partial charge in [-0.15, -0.1) is 0 Å². The molecule has 39 heavy (non-hydrogen) atoms. The molecule has 1 amide bonds. The summed E-state index contributed by atoms with van der Waals surface area (Å²) < 4.78 is 47.4. The summed E-state index contributed by atoms with van der Waals surface area (Å²) in [7, 11) is -0.165. The number of aromatic nitrogens is 1. The maximum Gasteiger partial charge on any atom is 0.410 e. The highest BCUT2D eigenvalue weighted by Gasteiger charge is 2.35. The van der Waals surface area contributed by atoms with E-state index in [1.165, 1.54) is 6.07 Å². The number of carbonyl (C=O) groups is 1. The third kappa shape index (κ3) is 6.62. The Morgan fingerprint density at radius 3 is 2.38 bits per heavy atom. The molecule has 1 aliphatic rings. The second-order valence-electron chi connectivity index (χ2n) is 10.7. The molecule has 10 heteroatoms. The van der Waals surface area contributed by atoms with Crippen LogP contribution in [0.5, 0.6) is 11.5 Å². The van der Waals surface area contributed by atoms with Crippen molar-refractivity contribution in [2.75, 3.05) is 33.6 Å². The predicted molar refractivity (Wildman–Crippen MR) is 148 cm³/mol. The number of hydrogen-bond donors (Lipinski definition) is 0. The van der Waals surface area contributed by atoms with E-state index in [-0.39, 0.29) is 17.6 Å². The highest BCUT2D eigenvalue weighted by molar-refractivity contribution is 7.90. The van der Waals surface area contributed by atoms with Crippen molar-refractivity contribution in [3.05, 3.63) is 59.8 Å². The largest absolute Gasteiger partial charge is 0.496 e. The van der Waals surface area contributed by atoms with Gasteiger partial charge in [-0.05, 0) is 44.9 Å². The molecule has 0 spiro atoms. The van der Waals surface area contributed by atoms with Crippen LogP contribution in [0.1, 0.15) is 44.2 Å². The fourth-order valence-corrected chi connectivity index (χ4v) is 5.43. The summed E-state index contributed by atoms with van der Waals surface area (Å²) in [5.41, 5.74) is 1.04. The van der Waals surface area contributed by atoms with Crippen molar-refractivity contribution in [1.82, 2.24) is 9.88 Å². The van der Waals surface area contributed by atoms with Gasteiger partial charge >= 0.3 is 6.09 Å². The van der Waals surface area contributed by atoms with Crippen molar-refractivity contribution < 1.29 is 32.2 Å². The molecule has 3 aromatic rings. The van der Waals surface area contributed by atoms with Gasteiger partial charge in [0.1, 0.15) is 17.1 Å². The molecule has 1 fully saturated rings. The lowest BCUT2D eigenvalue weighted by atomic mass is 9.88. The van der Waals surface area contributed by atoms with Crippen LogP contribution in [-0.4, -0.2) is 69.7 Å². The van der Waals surface area contributed by atoms with E-state index in [9.17, 15) is 13.2 Å². The molecular weight excluding hydrogens is 520 g/mol. The zero-order valence-electron chi connectivity index (χ0n) is 23.3. The summed E-state index contributed by atoms with van der Waals surface area (Å²) >= 11 is 0. The van der Waals surface area contributed by atoms with E-state index in [0.717, 1.165) is 28.2 Å². The molecule has 0 aliphatic carbocycles. The van der Waals surface area contributed by atoms with Gasteiger partial charge in [0.15, 0.2) is 14.9 Å². The maximum atomic E-state index is 12.9. The van der Waals surface area contributed by atoms with Crippen molar-refractivity contribution in [3.8, 4) is 11.5 Å². The Labute approximate surface area is 229 Å². The molecule has 2 unspecified atom stereocenters.